The van der Waals surface area contributed by atoms with Crippen molar-refractivity contribution in [1.82, 2.24) is 9.29 Å². The first kappa shape index (κ1) is 20.3. The number of rotatable bonds is 6. The van der Waals surface area contributed by atoms with Crippen LogP contribution in [0.25, 0.3) is 10.9 Å². The fourth-order valence-corrected chi connectivity index (χ4v) is 5.00. The fourth-order valence-electron chi connectivity index (χ4n) is 3.88. The Hall–Kier alpha value is -2.97. The molecular weight excluding hydrogens is 404 g/mol. The summed E-state index contributed by atoms with van der Waals surface area (Å²) in [5.74, 6) is -1.07. The van der Waals surface area contributed by atoms with Gasteiger partial charge in [0.2, 0.25) is 15.8 Å². The van der Waals surface area contributed by atoms with Crippen LogP contribution in [-0.2, 0) is 19.6 Å². The Morgan fingerprint density at radius 3 is 2.53 bits per heavy atom. The van der Waals surface area contributed by atoms with E-state index in [0.717, 1.165) is 21.5 Å². The molecule has 1 aliphatic heterocycles. The van der Waals surface area contributed by atoms with Gasteiger partial charge < -0.3 is 9.72 Å². The van der Waals surface area contributed by atoms with E-state index < -0.39 is 28.1 Å². The lowest BCUT2D eigenvalue weighted by molar-refractivity contribution is -0.151. The number of ether oxygens (including phenoxy) is 1. The first-order chi connectivity index (χ1) is 14.4. The van der Waals surface area contributed by atoms with Crippen LogP contribution in [0, 0.1) is 0 Å². The maximum Gasteiger partial charge on any atom is 0.325 e. The van der Waals surface area contributed by atoms with Crippen molar-refractivity contribution in [3.8, 4) is 0 Å². The summed E-state index contributed by atoms with van der Waals surface area (Å²) in [4.78, 5) is 29.4. The van der Waals surface area contributed by atoms with Gasteiger partial charge in [0.05, 0.1) is 6.26 Å². The molecule has 0 amide bonds. The number of benzene rings is 2. The standard InChI is InChI=1S/C22H22N2O5S/c1-30(27,28)24-13-7-12-19(24)22(26)29-21(15-8-3-2-4-9-15)20(25)17-14-23-18-11-6-5-10-16(17)18/h2-6,8-11,14,19,21,23H,7,12-13H2,1H3/t19-,21+/m1/s1. The van der Waals surface area contributed by atoms with Gasteiger partial charge in [-0.25, -0.2) is 8.42 Å². The van der Waals surface area contributed by atoms with E-state index in [1.54, 1.807) is 36.5 Å². The summed E-state index contributed by atoms with van der Waals surface area (Å²) in [5, 5.41) is 0.734. The first-order valence-corrected chi connectivity index (χ1v) is 11.5. The SMILES string of the molecule is CS(=O)(=O)N1CCC[C@@H]1C(=O)O[C@H](C(=O)c1c[nH]c2ccccc12)c1ccccc1. The number of aromatic nitrogens is 1. The van der Waals surface area contributed by atoms with Gasteiger partial charge in [0.1, 0.15) is 6.04 Å². The van der Waals surface area contributed by atoms with Crippen LogP contribution < -0.4 is 0 Å². The minimum Gasteiger partial charge on any atom is -0.448 e. The molecule has 2 aromatic carbocycles. The number of fused-ring (bicyclic) bond motifs is 1. The summed E-state index contributed by atoms with van der Waals surface area (Å²) in [6.45, 7) is 0.269. The Kier molecular flexibility index (Phi) is 5.44. The molecule has 8 heteroatoms. The van der Waals surface area contributed by atoms with Crippen LogP contribution in [0.15, 0.2) is 60.8 Å². The van der Waals surface area contributed by atoms with Crippen molar-refractivity contribution in [3.63, 3.8) is 0 Å². The first-order valence-electron chi connectivity index (χ1n) is 9.69. The van der Waals surface area contributed by atoms with E-state index in [-0.39, 0.29) is 12.3 Å². The Bertz CT molecular complexity index is 1190. The number of esters is 1. The highest BCUT2D eigenvalue weighted by Gasteiger charge is 2.40. The number of nitrogens with one attached hydrogen (secondary N) is 1. The summed E-state index contributed by atoms with van der Waals surface area (Å²) in [6.07, 6.45) is 2.45. The highest BCUT2D eigenvalue weighted by atomic mass is 32.2. The molecule has 2 atom stereocenters. The van der Waals surface area contributed by atoms with Crippen LogP contribution in [0.3, 0.4) is 0 Å². The molecule has 0 radical (unpaired) electrons. The van der Waals surface area contributed by atoms with Gasteiger partial charge >= 0.3 is 5.97 Å². The van der Waals surface area contributed by atoms with Gasteiger partial charge in [0.25, 0.3) is 0 Å². The second-order valence-electron chi connectivity index (χ2n) is 7.37. The molecule has 1 N–H and O–H groups in total. The highest BCUT2D eigenvalue weighted by molar-refractivity contribution is 7.88. The van der Waals surface area contributed by atoms with Crippen molar-refractivity contribution in [3.05, 3.63) is 71.9 Å². The molecule has 0 bridgehead atoms. The number of sulfonamides is 1. The fraction of sp³-hybridized carbons (Fsp3) is 0.273. The Balaban J connectivity index is 1.67. The number of H-pyrrole nitrogens is 1. The summed E-state index contributed by atoms with van der Waals surface area (Å²) in [6, 6.07) is 15.2. The molecule has 1 saturated heterocycles. The molecule has 1 aliphatic rings. The van der Waals surface area contributed by atoms with Crippen LogP contribution in [0.2, 0.25) is 0 Å². The molecule has 0 unspecified atom stereocenters. The number of carbonyl (C=O) groups excluding carboxylic acids is 2. The third-order valence-corrected chi connectivity index (χ3v) is 6.62. The lowest BCUT2D eigenvalue weighted by Gasteiger charge is -2.24. The van der Waals surface area contributed by atoms with E-state index in [9.17, 15) is 18.0 Å². The molecule has 30 heavy (non-hydrogen) atoms. The van der Waals surface area contributed by atoms with Gasteiger partial charge in [-0.2, -0.15) is 4.31 Å². The predicted molar refractivity (Wildman–Crippen MR) is 112 cm³/mol. The number of Topliss-reactive ketones (excluding diaryl/α,β-unsaturated/α-hetero) is 1. The number of ketones is 1. The van der Waals surface area contributed by atoms with Gasteiger partial charge in [-0.05, 0) is 18.9 Å². The number of hydrogen-bond donors (Lipinski definition) is 1. The molecule has 1 fully saturated rings. The maximum atomic E-state index is 13.4. The summed E-state index contributed by atoms with van der Waals surface area (Å²) in [5.41, 5.74) is 1.75. The van der Waals surface area contributed by atoms with Crippen molar-refractivity contribution < 1.29 is 22.7 Å². The molecule has 7 nitrogen and oxygen atoms in total. The van der Waals surface area contributed by atoms with E-state index >= 15 is 0 Å². The summed E-state index contributed by atoms with van der Waals surface area (Å²) in [7, 11) is -3.55. The van der Waals surface area contributed by atoms with Crippen molar-refractivity contribution in [2.75, 3.05) is 12.8 Å². The van der Waals surface area contributed by atoms with Crippen molar-refractivity contribution in [1.29, 1.82) is 0 Å². The summed E-state index contributed by atoms with van der Waals surface area (Å²) < 4.78 is 30.9. The Labute approximate surface area is 174 Å². The van der Waals surface area contributed by atoms with Gasteiger partial charge in [0.15, 0.2) is 6.10 Å². The number of hydrogen-bond acceptors (Lipinski definition) is 5. The topological polar surface area (TPSA) is 96.5 Å². The van der Waals surface area contributed by atoms with Gasteiger partial charge in [-0.3, -0.25) is 9.59 Å². The maximum absolute atomic E-state index is 13.4. The Morgan fingerprint density at radius 2 is 1.80 bits per heavy atom. The molecule has 156 valence electrons. The minimum atomic E-state index is -3.55. The number of carbonyl (C=O) groups is 2. The van der Waals surface area contributed by atoms with Crippen LogP contribution >= 0.6 is 0 Å². The molecule has 1 aromatic heterocycles. The third-order valence-electron chi connectivity index (χ3n) is 5.33. The van der Waals surface area contributed by atoms with Crippen LogP contribution in [-0.4, -0.2) is 48.3 Å². The molecular formula is C22H22N2O5S. The lowest BCUT2D eigenvalue weighted by Crippen LogP contribution is -2.41. The highest BCUT2D eigenvalue weighted by Crippen LogP contribution is 2.29. The van der Waals surface area contributed by atoms with Gasteiger partial charge in [-0.15, -0.1) is 0 Å². The van der Waals surface area contributed by atoms with Crippen LogP contribution in [0.4, 0.5) is 0 Å². The normalized spacial score (nSPS) is 18.4. The quantitative estimate of drug-likeness (QED) is 0.483. The number of aromatic amines is 1. The zero-order chi connectivity index (χ0) is 21.3. The predicted octanol–water partition coefficient (Wildman–Crippen LogP) is 3.06. The van der Waals surface area contributed by atoms with E-state index in [1.807, 2.05) is 24.3 Å². The zero-order valence-electron chi connectivity index (χ0n) is 16.4. The van der Waals surface area contributed by atoms with Gasteiger partial charge in [-0.1, -0.05) is 48.5 Å². The molecule has 0 spiro atoms. The van der Waals surface area contributed by atoms with Gasteiger partial charge in [0, 0.05) is 34.8 Å². The third kappa shape index (κ3) is 3.88. The van der Waals surface area contributed by atoms with Crippen LogP contribution in [0.1, 0.15) is 34.9 Å². The summed E-state index contributed by atoms with van der Waals surface area (Å²) >= 11 is 0. The van der Waals surface area contributed by atoms with Crippen LogP contribution in [0.5, 0.6) is 0 Å². The minimum absolute atomic E-state index is 0.269. The zero-order valence-corrected chi connectivity index (χ0v) is 17.3. The van der Waals surface area contributed by atoms with E-state index in [1.165, 1.54) is 0 Å². The van der Waals surface area contributed by atoms with Crippen molar-refractivity contribution in [2.45, 2.75) is 25.0 Å². The second kappa shape index (κ2) is 8.04. The molecule has 2 heterocycles. The van der Waals surface area contributed by atoms with E-state index in [0.29, 0.717) is 24.0 Å². The molecule has 0 aliphatic carbocycles. The van der Waals surface area contributed by atoms with Crippen molar-refractivity contribution >= 4 is 32.7 Å². The largest absolute Gasteiger partial charge is 0.448 e. The average molecular weight is 426 g/mol. The lowest BCUT2D eigenvalue weighted by atomic mass is 9.99. The van der Waals surface area contributed by atoms with E-state index in [2.05, 4.69) is 4.98 Å². The number of nitrogens with zero attached hydrogens (tertiary/aromatic N) is 1. The molecule has 4 rings (SSSR count). The second-order valence-corrected chi connectivity index (χ2v) is 9.31. The average Bonchev–Trinajstić information content (AvgIpc) is 3.39. The van der Waals surface area contributed by atoms with Crippen molar-refractivity contribution in [2.24, 2.45) is 0 Å². The monoisotopic (exact) mass is 426 g/mol. The smallest absolute Gasteiger partial charge is 0.325 e. The molecule has 3 aromatic rings. The number of para-hydroxylation sites is 1. The van der Waals surface area contributed by atoms with E-state index in [4.69, 9.17) is 4.74 Å². The molecule has 0 saturated carbocycles. The Morgan fingerprint density at radius 1 is 1.10 bits per heavy atom.